The van der Waals surface area contributed by atoms with Crippen molar-refractivity contribution in [3.63, 3.8) is 0 Å². The number of carbonyl (C=O) groups excluding carboxylic acids is 1. The van der Waals surface area contributed by atoms with Crippen LogP contribution < -0.4 is 5.73 Å². The van der Waals surface area contributed by atoms with Gasteiger partial charge in [0.05, 0.1) is 6.61 Å². The molecular formula is C10H21N3O2. The lowest BCUT2D eigenvalue weighted by Crippen LogP contribution is -2.36. The summed E-state index contributed by atoms with van der Waals surface area (Å²) >= 11 is 0. The number of likely N-dealkylation sites (tertiary alicyclic amines) is 1. The molecule has 0 aromatic heterocycles. The van der Waals surface area contributed by atoms with Crippen molar-refractivity contribution in [3.8, 4) is 0 Å². The van der Waals surface area contributed by atoms with Gasteiger partial charge in [-0.1, -0.05) is 0 Å². The van der Waals surface area contributed by atoms with Crippen LogP contribution in [0.1, 0.15) is 6.42 Å². The molecule has 0 spiro atoms. The van der Waals surface area contributed by atoms with Gasteiger partial charge in [-0.2, -0.15) is 0 Å². The third-order valence-electron chi connectivity index (χ3n) is 2.67. The summed E-state index contributed by atoms with van der Waals surface area (Å²) in [7, 11) is 3.72. The lowest BCUT2D eigenvalue weighted by Gasteiger charge is -2.21. The topological polar surface area (TPSA) is 58.8 Å². The molecule has 0 aromatic rings. The first kappa shape index (κ1) is 12.4. The quantitative estimate of drug-likeness (QED) is 0.625. The van der Waals surface area contributed by atoms with Gasteiger partial charge in [-0.3, -0.25) is 4.79 Å². The zero-order valence-corrected chi connectivity index (χ0v) is 9.61. The van der Waals surface area contributed by atoms with Crippen molar-refractivity contribution in [3.05, 3.63) is 0 Å². The number of nitrogens with two attached hydrogens (primary N) is 1. The number of amides is 1. The zero-order valence-electron chi connectivity index (χ0n) is 9.61. The zero-order chi connectivity index (χ0) is 11.3. The summed E-state index contributed by atoms with van der Waals surface area (Å²) < 4.78 is 4.98. The van der Waals surface area contributed by atoms with Crippen LogP contribution >= 0.6 is 0 Å². The van der Waals surface area contributed by atoms with Gasteiger partial charge in [0.15, 0.2) is 0 Å². The van der Waals surface area contributed by atoms with E-state index < -0.39 is 0 Å². The van der Waals surface area contributed by atoms with Crippen molar-refractivity contribution in [1.82, 2.24) is 9.80 Å². The highest BCUT2D eigenvalue weighted by atomic mass is 16.5. The predicted octanol–water partition coefficient (Wildman–Crippen LogP) is -0.876. The van der Waals surface area contributed by atoms with Crippen LogP contribution in [0.25, 0.3) is 0 Å². The van der Waals surface area contributed by atoms with Gasteiger partial charge in [-0.15, -0.1) is 0 Å². The van der Waals surface area contributed by atoms with Gasteiger partial charge in [0.1, 0.15) is 0 Å². The highest BCUT2D eigenvalue weighted by Crippen LogP contribution is 2.08. The third kappa shape index (κ3) is 4.15. The van der Waals surface area contributed by atoms with Crippen molar-refractivity contribution < 1.29 is 9.53 Å². The normalized spacial score (nSPS) is 21.7. The Bertz CT molecular complexity index is 211. The molecule has 0 unspecified atom stereocenters. The first-order valence-electron chi connectivity index (χ1n) is 5.34. The Hall–Kier alpha value is -0.650. The Morgan fingerprint density at radius 2 is 2.33 bits per heavy atom. The molecule has 1 heterocycles. The maximum absolute atomic E-state index is 11.4. The second kappa shape index (κ2) is 6.05. The monoisotopic (exact) mass is 215 g/mol. The largest absolute Gasteiger partial charge is 0.383 e. The van der Waals surface area contributed by atoms with Gasteiger partial charge in [0.25, 0.3) is 0 Å². The molecule has 1 amide bonds. The van der Waals surface area contributed by atoms with E-state index in [-0.39, 0.29) is 11.9 Å². The fourth-order valence-corrected chi connectivity index (χ4v) is 1.67. The van der Waals surface area contributed by atoms with E-state index in [0.29, 0.717) is 13.0 Å². The molecule has 0 bridgehead atoms. The van der Waals surface area contributed by atoms with Crippen LogP contribution in [-0.2, 0) is 9.53 Å². The molecule has 0 saturated carbocycles. The maximum Gasteiger partial charge on any atom is 0.224 e. The van der Waals surface area contributed by atoms with Crippen LogP contribution in [0.5, 0.6) is 0 Å². The van der Waals surface area contributed by atoms with Crippen molar-refractivity contribution >= 4 is 5.91 Å². The molecule has 5 nitrogen and oxygen atoms in total. The van der Waals surface area contributed by atoms with E-state index in [4.69, 9.17) is 10.5 Å². The smallest absolute Gasteiger partial charge is 0.224 e. The predicted molar refractivity (Wildman–Crippen MR) is 58.5 cm³/mol. The molecule has 1 aliphatic rings. The molecule has 0 aliphatic carbocycles. The second-order valence-corrected chi connectivity index (χ2v) is 4.10. The molecule has 0 radical (unpaired) electrons. The molecule has 5 heteroatoms. The Kier molecular flexibility index (Phi) is 5.01. The van der Waals surface area contributed by atoms with Gasteiger partial charge in [0, 0.05) is 45.8 Å². The third-order valence-corrected chi connectivity index (χ3v) is 2.67. The minimum Gasteiger partial charge on any atom is -0.383 e. The summed E-state index contributed by atoms with van der Waals surface area (Å²) in [6, 6.07) is 0.0294. The molecule has 2 N–H and O–H groups in total. The number of carbonyl (C=O) groups is 1. The summed E-state index contributed by atoms with van der Waals surface area (Å²) in [5, 5.41) is 0. The van der Waals surface area contributed by atoms with Crippen LogP contribution in [0, 0.1) is 0 Å². The minimum absolute atomic E-state index is 0.0294. The first-order chi connectivity index (χ1) is 7.13. The number of rotatable bonds is 6. The van der Waals surface area contributed by atoms with Crippen LogP contribution in [-0.4, -0.2) is 68.7 Å². The van der Waals surface area contributed by atoms with E-state index in [1.807, 2.05) is 11.9 Å². The van der Waals surface area contributed by atoms with Crippen molar-refractivity contribution in [1.29, 1.82) is 0 Å². The molecule has 88 valence electrons. The number of hydrogen-bond donors (Lipinski definition) is 1. The van der Waals surface area contributed by atoms with Gasteiger partial charge < -0.3 is 20.3 Å². The Balaban J connectivity index is 2.16. The fraction of sp³-hybridized carbons (Fsp3) is 0.900. The summed E-state index contributed by atoms with van der Waals surface area (Å²) in [4.78, 5) is 15.4. The van der Waals surface area contributed by atoms with E-state index in [9.17, 15) is 4.79 Å². The van der Waals surface area contributed by atoms with Crippen molar-refractivity contribution in [2.75, 3.05) is 46.9 Å². The molecule has 15 heavy (non-hydrogen) atoms. The molecule has 0 aromatic carbocycles. The van der Waals surface area contributed by atoms with Gasteiger partial charge in [-0.25, -0.2) is 0 Å². The number of nitrogens with zero attached hydrogens (tertiary/aromatic N) is 2. The minimum atomic E-state index is 0.0294. The lowest BCUT2D eigenvalue weighted by molar-refractivity contribution is -0.127. The van der Waals surface area contributed by atoms with E-state index in [1.54, 1.807) is 7.11 Å². The Morgan fingerprint density at radius 1 is 1.60 bits per heavy atom. The number of ether oxygens (including phenoxy) is 1. The van der Waals surface area contributed by atoms with E-state index in [1.165, 1.54) is 0 Å². The molecule has 1 atom stereocenters. The van der Waals surface area contributed by atoms with E-state index >= 15 is 0 Å². The standard InChI is InChI=1S/C10H21N3O2/c1-12(5-6-15-2)3-4-13-8-9(11)7-10(13)14/h9H,3-8,11H2,1-2H3/t9-/m0/s1. The molecule has 1 fully saturated rings. The fourth-order valence-electron chi connectivity index (χ4n) is 1.67. The molecular weight excluding hydrogens is 194 g/mol. The number of hydrogen-bond acceptors (Lipinski definition) is 4. The molecule has 1 rings (SSSR count). The van der Waals surface area contributed by atoms with Crippen molar-refractivity contribution in [2.24, 2.45) is 5.73 Å². The highest BCUT2D eigenvalue weighted by molar-refractivity contribution is 5.79. The SMILES string of the molecule is COCCN(C)CCN1C[C@@H](N)CC1=O. The maximum atomic E-state index is 11.4. The summed E-state index contributed by atoms with van der Waals surface area (Å²) in [6.07, 6.45) is 0.502. The van der Waals surface area contributed by atoms with Crippen LogP contribution in [0.15, 0.2) is 0 Å². The van der Waals surface area contributed by atoms with E-state index in [2.05, 4.69) is 4.90 Å². The summed E-state index contributed by atoms with van der Waals surface area (Å²) in [5.41, 5.74) is 5.71. The first-order valence-corrected chi connectivity index (χ1v) is 5.34. The van der Waals surface area contributed by atoms with Crippen LogP contribution in [0.2, 0.25) is 0 Å². The number of likely N-dealkylation sites (N-methyl/N-ethyl adjacent to an activating group) is 1. The van der Waals surface area contributed by atoms with Crippen LogP contribution in [0.3, 0.4) is 0 Å². The van der Waals surface area contributed by atoms with Gasteiger partial charge >= 0.3 is 0 Å². The molecule has 1 saturated heterocycles. The average molecular weight is 215 g/mol. The lowest BCUT2D eigenvalue weighted by atomic mass is 10.3. The summed E-state index contributed by atoms with van der Waals surface area (Å²) in [6.45, 7) is 3.97. The number of methoxy groups -OCH3 is 1. The van der Waals surface area contributed by atoms with Gasteiger partial charge in [0.2, 0.25) is 5.91 Å². The van der Waals surface area contributed by atoms with Gasteiger partial charge in [-0.05, 0) is 7.05 Å². The summed E-state index contributed by atoms with van der Waals surface area (Å²) in [5.74, 6) is 0.183. The molecule has 1 aliphatic heterocycles. The van der Waals surface area contributed by atoms with Crippen molar-refractivity contribution in [2.45, 2.75) is 12.5 Å². The average Bonchev–Trinajstić information content (AvgIpc) is 2.51. The highest BCUT2D eigenvalue weighted by Gasteiger charge is 2.26. The second-order valence-electron chi connectivity index (χ2n) is 4.10. The Labute approximate surface area is 91.2 Å². The Morgan fingerprint density at radius 3 is 2.87 bits per heavy atom. The van der Waals surface area contributed by atoms with E-state index in [0.717, 1.165) is 26.2 Å². The van der Waals surface area contributed by atoms with Crippen LogP contribution in [0.4, 0.5) is 0 Å².